The molecule has 0 aliphatic rings. The van der Waals surface area contributed by atoms with Crippen LogP contribution in [0.25, 0.3) is 0 Å². The van der Waals surface area contributed by atoms with Gasteiger partial charge in [-0.3, -0.25) is 5.41 Å². The average Bonchev–Trinajstić information content (AvgIpc) is 2.41. The van der Waals surface area contributed by atoms with Crippen molar-refractivity contribution in [2.75, 3.05) is 11.9 Å². The summed E-state index contributed by atoms with van der Waals surface area (Å²) in [4.78, 5) is 10.3. The second-order valence-electron chi connectivity index (χ2n) is 4.12. The summed E-state index contributed by atoms with van der Waals surface area (Å²) in [5, 5.41) is 7.52. The molecule has 0 amide bonds. The quantitative estimate of drug-likeness (QED) is 0.668. The molecule has 0 aliphatic carbocycles. The second-order valence-corrected chi connectivity index (χ2v) is 5.04. The normalized spacial score (nSPS) is 10.2. The van der Waals surface area contributed by atoms with Gasteiger partial charge in [0.1, 0.15) is 11.5 Å². The Morgan fingerprint density at radius 2 is 1.89 bits per heavy atom. The summed E-state index contributed by atoms with van der Waals surface area (Å²) in [5.41, 5.74) is 7.06. The van der Waals surface area contributed by atoms with Gasteiger partial charge in [0, 0.05) is 30.5 Å². The third kappa shape index (κ3) is 3.29. The molecule has 0 saturated heterocycles. The number of anilines is 1. The van der Waals surface area contributed by atoms with Gasteiger partial charge in [-0.05, 0) is 17.7 Å². The van der Waals surface area contributed by atoms with Gasteiger partial charge in [-0.1, -0.05) is 28.1 Å². The number of nitrogen functional groups attached to an aromatic ring is 1. The molecular weight excluding hydrogens is 306 g/mol. The highest BCUT2D eigenvalue weighted by molar-refractivity contribution is 9.10. The molecule has 2 aromatic rings. The first kappa shape index (κ1) is 13.5. The van der Waals surface area contributed by atoms with Gasteiger partial charge in [0.15, 0.2) is 5.82 Å². The lowest BCUT2D eigenvalue weighted by molar-refractivity contribution is 0.885. The Balaban J connectivity index is 2.22. The van der Waals surface area contributed by atoms with E-state index in [2.05, 4.69) is 25.9 Å². The number of aromatic nitrogens is 2. The maximum atomic E-state index is 7.52. The van der Waals surface area contributed by atoms with Gasteiger partial charge in [0.2, 0.25) is 0 Å². The molecule has 2 rings (SSSR count). The number of hydrogen-bond acceptors (Lipinski definition) is 4. The SMILES string of the molecule is CN(Cc1ccc(Br)cc1)c1nccnc1C(=N)N. The molecule has 1 aromatic heterocycles. The topological polar surface area (TPSA) is 78.9 Å². The van der Waals surface area contributed by atoms with E-state index >= 15 is 0 Å². The molecule has 1 aromatic carbocycles. The summed E-state index contributed by atoms with van der Waals surface area (Å²) in [6, 6.07) is 8.05. The van der Waals surface area contributed by atoms with Crippen LogP contribution in [-0.2, 0) is 6.54 Å². The van der Waals surface area contributed by atoms with Crippen LogP contribution in [0.2, 0.25) is 0 Å². The highest BCUT2D eigenvalue weighted by Gasteiger charge is 2.12. The Hall–Kier alpha value is -1.95. The Morgan fingerprint density at radius 3 is 2.53 bits per heavy atom. The van der Waals surface area contributed by atoms with Crippen molar-refractivity contribution < 1.29 is 0 Å². The van der Waals surface area contributed by atoms with Gasteiger partial charge in [-0.15, -0.1) is 0 Å². The molecule has 0 aliphatic heterocycles. The van der Waals surface area contributed by atoms with Gasteiger partial charge in [-0.2, -0.15) is 0 Å². The second kappa shape index (κ2) is 5.79. The third-order valence-corrected chi connectivity index (χ3v) is 3.16. The molecule has 0 spiro atoms. The molecule has 5 nitrogen and oxygen atoms in total. The van der Waals surface area contributed by atoms with Gasteiger partial charge < -0.3 is 10.6 Å². The third-order valence-electron chi connectivity index (χ3n) is 2.63. The highest BCUT2D eigenvalue weighted by Crippen LogP contribution is 2.17. The van der Waals surface area contributed by atoms with Crippen LogP contribution in [0.1, 0.15) is 11.3 Å². The number of nitrogens with two attached hydrogens (primary N) is 1. The van der Waals surface area contributed by atoms with Gasteiger partial charge in [0.25, 0.3) is 0 Å². The molecule has 98 valence electrons. The zero-order valence-corrected chi connectivity index (χ0v) is 12.1. The largest absolute Gasteiger partial charge is 0.382 e. The van der Waals surface area contributed by atoms with Crippen molar-refractivity contribution in [2.24, 2.45) is 5.73 Å². The van der Waals surface area contributed by atoms with Crippen molar-refractivity contribution in [3.8, 4) is 0 Å². The minimum absolute atomic E-state index is 0.0780. The van der Waals surface area contributed by atoms with E-state index < -0.39 is 0 Å². The molecule has 0 unspecified atom stereocenters. The first-order valence-corrected chi connectivity index (χ1v) is 6.48. The molecule has 0 bridgehead atoms. The maximum absolute atomic E-state index is 7.52. The first-order chi connectivity index (χ1) is 9.08. The Bertz CT molecular complexity index is 582. The molecule has 19 heavy (non-hydrogen) atoms. The zero-order valence-electron chi connectivity index (χ0n) is 10.5. The minimum atomic E-state index is -0.0780. The standard InChI is InChI=1S/C13H14BrN5/c1-19(8-9-2-4-10(14)5-3-9)13-11(12(15)16)17-6-7-18-13/h2-7H,8H2,1H3,(H3,15,16). The molecular formula is C13H14BrN5. The van der Waals surface area contributed by atoms with Crippen molar-refractivity contribution in [2.45, 2.75) is 6.54 Å². The summed E-state index contributed by atoms with van der Waals surface area (Å²) < 4.78 is 1.04. The number of nitrogens with one attached hydrogen (secondary N) is 1. The summed E-state index contributed by atoms with van der Waals surface area (Å²) >= 11 is 3.41. The van der Waals surface area contributed by atoms with E-state index in [1.54, 1.807) is 6.20 Å². The molecule has 0 atom stereocenters. The van der Waals surface area contributed by atoms with E-state index in [1.165, 1.54) is 6.20 Å². The van der Waals surface area contributed by atoms with Crippen LogP contribution >= 0.6 is 15.9 Å². The number of nitrogens with zero attached hydrogens (tertiary/aromatic N) is 3. The molecule has 0 radical (unpaired) electrons. The van der Waals surface area contributed by atoms with Crippen LogP contribution in [0.3, 0.4) is 0 Å². The maximum Gasteiger partial charge on any atom is 0.158 e. The van der Waals surface area contributed by atoms with Crippen molar-refractivity contribution in [1.82, 2.24) is 9.97 Å². The van der Waals surface area contributed by atoms with E-state index in [9.17, 15) is 0 Å². The fraction of sp³-hybridized carbons (Fsp3) is 0.154. The summed E-state index contributed by atoms with van der Waals surface area (Å²) in [7, 11) is 1.90. The highest BCUT2D eigenvalue weighted by atomic mass is 79.9. The minimum Gasteiger partial charge on any atom is -0.382 e. The number of benzene rings is 1. The van der Waals surface area contributed by atoms with Crippen LogP contribution in [0.15, 0.2) is 41.1 Å². The summed E-state index contributed by atoms with van der Waals surface area (Å²) in [5.74, 6) is 0.531. The van der Waals surface area contributed by atoms with Crippen LogP contribution in [0.4, 0.5) is 5.82 Å². The summed E-state index contributed by atoms with van der Waals surface area (Å²) in [6.07, 6.45) is 3.13. The Kier molecular flexibility index (Phi) is 4.11. The van der Waals surface area contributed by atoms with Gasteiger partial charge in [-0.25, -0.2) is 9.97 Å². The lowest BCUT2D eigenvalue weighted by Crippen LogP contribution is -2.24. The number of halogens is 1. The fourth-order valence-electron chi connectivity index (χ4n) is 1.74. The summed E-state index contributed by atoms with van der Waals surface area (Å²) in [6.45, 7) is 0.673. The lowest BCUT2D eigenvalue weighted by atomic mass is 10.2. The molecule has 3 N–H and O–H groups in total. The van der Waals surface area contributed by atoms with Crippen LogP contribution in [0.5, 0.6) is 0 Å². The van der Waals surface area contributed by atoms with Crippen molar-refractivity contribution >= 4 is 27.6 Å². The van der Waals surface area contributed by atoms with E-state index in [0.29, 0.717) is 18.1 Å². The van der Waals surface area contributed by atoms with Gasteiger partial charge >= 0.3 is 0 Å². The lowest BCUT2D eigenvalue weighted by Gasteiger charge is -2.20. The van der Waals surface area contributed by atoms with Crippen molar-refractivity contribution in [1.29, 1.82) is 5.41 Å². The van der Waals surface area contributed by atoms with E-state index in [-0.39, 0.29) is 5.84 Å². The predicted molar refractivity (Wildman–Crippen MR) is 79.3 cm³/mol. The molecule has 0 fully saturated rings. The molecule has 1 heterocycles. The Morgan fingerprint density at radius 1 is 1.26 bits per heavy atom. The smallest absolute Gasteiger partial charge is 0.158 e. The average molecular weight is 320 g/mol. The van der Waals surface area contributed by atoms with Crippen LogP contribution < -0.4 is 10.6 Å². The fourth-order valence-corrected chi connectivity index (χ4v) is 2.00. The number of amidine groups is 1. The monoisotopic (exact) mass is 319 g/mol. The van der Waals surface area contributed by atoms with Gasteiger partial charge in [0.05, 0.1) is 0 Å². The van der Waals surface area contributed by atoms with Crippen molar-refractivity contribution in [3.05, 3.63) is 52.4 Å². The van der Waals surface area contributed by atoms with E-state index in [1.807, 2.05) is 36.2 Å². The number of hydrogen-bond donors (Lipinski definition) is 2. The van der Waals surface area contributed by atoms with Crippen LogP contribution in [-0.4, -0.2) is 22.9 Å². The number of rotatable bonds is 4. The molecule has 0 saturated carbocycles. The van der Waals surface area contributed by atoms with E-state index in [4.69, 9.17) is 11.1 Å². The van der Waals surface area contributed by atoms with E-state index in [0.717, 1.165) is 10.0 Å². The van der Waals surface area contributed by atoms with Crippen LogP contribution in [0, 0.1) is 5.41 Å². The Labute approximate surface area is 120 Å². The predicted octanol–water partition coefficient (Wildman–Crippen LogP) is 2.16. The zero-order chi connectivity index (χ0) is 13.8. The molecule has 6 heteroatoms. The van der Waals surface area contributed by atoms with Crippen molar-refractivity contribution in [3.63, 3.8) is 0 Å². The first-order valence-electron chi connectivity index (χ1n) is 5.69.